The highest BCUT2D eigenvalue weighted by atomic mass is 16.5. The van der Waals surface area contributed by atoms with Gasteiger partial charge in [0.2, 0.25) is 5.91 Å². The summed E-state index contributed by atoms with van der Waals surface area (Å²) in [6.45, 7) is 1.09. The molecule has 0 aliphatic heterocycles. The number of carbonyl (C=O) groups excluding carboxylic acids is 1. The van der Waals surface area contributed by atoms with E-state index in [9.17, 15) is 4.79 Å². The van der Waals surface area contributed by atoms with Crippen molar-refractivity contribution in [3.8, 4) is 0 Å². The summed E-state index contributed by atoms with van der Waals surface area (Å²) in [6, 6.07) is 9.44. The summed E-state index contributed by atoms with van der Waals surface area (Å²) in [4.78, 5) is 20.0. The third-order valence-corrected chi connectivity index (χ3v) is 3.01. The molecule has 0 radical (unpaired) electrons. The Balaban J connectivity index is 1.90. The van der Waals surface area contributed by atoms with Crippen LogP contribution in [0.25, 0.3) is 0 Å². The van der Waals surface area contributed by atoms with Crippen LogP contribution in [0.4, 0.5) is 17.3 Å². The fourth-order valence-corrected chi connectivity index (χ4v) is 1.86. The Morgan fingerprint density at radius 2 is 1.96 bits per heavy atom. The summed E-state index contributed by atoms with van der Waals surface area (Å²) in [7, 11) is 1.61. The van der Waals surface area contributed by atoms with E-state index in [1.807, 2.05) is 30.3 Å². The van der Waals surface area contributed by atoms with E-state index in [0.29, 0.717) is 30.5 Å². The number of ether oxygens (including phenoxy) is 1. The third kappa shape index (κ3) is 5.11. The Labute approximate surface area is 134 Å². The van der Waals surface area contributed by atoms with Gasteiger partial charge in [0.05, 0.1) is 13.0 Å². The van der Waals surface area contributed by atoms with Crippen molar-refractivity contribution in [2.24, 2.45) is 0 Å². The fraction of sp³-hybridized carbons (Fsp3) is 0.267. The van der Waals surface area contributed by atoms with E-state index in [1.165, 1.54) is 6.33 Å². The molecule has 122 valence electrons. The zero-order valence-corrected chi connectivity index (χ0v) is 12.9. The van der Waals surface area contributed by atoms with Gasteiger partial charge in [0.1, 0.15) is 12.0 Å². The number of hydrogen-bond donors (Lipinski definition) is 4. The number of rotatable bonds is 8. The number of nitrogens with one attached hydrogen (secondary N) is 3. The first-order valence-corrected chi connectivity index (χ1v) is 7.12. The minimum Gasteiger partial charge on any atom is -0.393 e. The van der Waals surface area contributed by atoms with E-state index < -0.39 is 0 Å². The van der Waals surface area contributed by atoms with Crippen LogP contribution in [-0.4, -0.2) is 36.1 Å². The van der Waals surface area contributed by atoms with Gasteiger partial charge in [0.15, 0.2) is 11.6 Å². The second-order valence-electron chi connectivity index (χ2n) is 4.74. The minimum atomic E-state index is -0.192. The molecular weight excluding hydrogens is 296 g/mol. The predicted molar refractivity (Wildman–Crippen MR) is 88.7 cm³/mol. The smallest absolute Gasteiger partial charge is 0.242 e. The normalized spacial score (nSPS) is 10.1. The minimum absolute atomic E-state index is 0.192. The molecular formula is C15H20N6O2. The molecule has 0 aliphatic carbocycles. The highest BCUT2D eigenvalue weighted by Crippen LogP contribution is 2.21. The zero-order valence-electron chi connectivity index (χ0n) is 12.9. The second kappa shape index (κ2) is 8.54. The van der Waals surface area contributed by atoms with Crippen molar-refractivity contribution in [1.29, 1.82) is 0 Å². The van der Waals surface area contributed by atoms with E-state index >= 15 is 0 Å². The fourth-order valence-electron chi connectivity index (χ4n) is 1.86. The highest BCUT2D eigenvalue weighted by molar-refractivity contribution is 5.81. The van der Waals surface area contributed by atoms with E-state index in [2.05, 4.69) is 26.1 Å². The van der Waals surface area contributed by atoms with Crippen LogP contribution in [0.1, 0.15) is 5.56 Å². The molecule has 1 amide bonds. The first-order chi connectivity index (χ1) is 11.2. The van der Waals surface area contributed by atoms with Crippen molar-refractivity contribution in [2.45, 2.75) is 6.42 Å². The van der Waals surface area contributed by atoms with Crippen molar-refractivity contribution in [2.75, 3.05) is 36.7 Å². The number of carbonyl (C=O) groups is 1. The van der Waals surface area contributed by atoms with Crippen LogP contribution in [0.15, 0.2) is 36.7 Å². The highest BCUT2D eigenvalue weighted by Gasteiger charge is 2.09. The van der Waals surface area contributed by atoms with Gasteiger partial charge in [0.25, 0.3) is 0 Å². The molecule has 0 fully saturated rings. The molecule has 0 saturated carbocycles. The Kier molecular flexibility index (Phi) is 6.13. The molecule has 0 bridgehead atoms. The van der Waals surface area contributed by atoms with Gasteiger partial charge in [-0.2, -0.15) is 0 Å². The summed E-state index contributed by atoms with van der Waals surface area (Å²) in [5.41, 5.74) is 12.5. The van der Waals surface area contributed by atoms with Crippen LogP contribution in [-0.2, 0) is 16.0 Å². The predicted octanol–water partition coefficient (Wildman–Crippen LogP) is 0.803. The monoisotopic (exact) mass is 316 g/mol. The maximum absolute atomic E-state index is 11.9. The lowest BCUT2D eigenvalue weighted by Gasteiger charge is -2.13. The number of nitrogens with zero attached hydrogens (tertiary/aromatic N) is 2. The van der Waals surface area contributed by atoms with Crippen molar-refractivity contribution >= 4 is 23.2 Å². The molecule has 5 N–H and O–H groups in total. The molecule has 23 heavy (non-hydrogen) atoms. The molecule has 1 aromatic heterocycles. The number of benzene rings is 1. The van der Waals surface area contributed by atoms with Gasteiger partial charge in [-0.1, -0.05) is 30.3 Å². The SMILES string of the molecule is COCCNc1ncnc(NNC(=O)Cc2ccccc2)c1N. The van der Waals surface area contributed by atoms with E-state index in [-0.39, 0.29) is 12.3 Å². The van der Waals surface area contributed by atoms with Crippen LogP contribution in [0.3, 0.4) is 0 Å². The number of methoxy groups -OCH3 is 1. The Morgan fingerprint density at radius 1 is 1.22 bits per heavy atom. The lowest BCUT2D eigenvalue weighted by molar-refractivity contribution is -0.119. The summed E-state index contributed by atoms with van der Waals surface area (Å²) < 4.78 is 4.95. The van der Waals surface area contributed by atoms with Crippen molar-refractivity contribution in [3.05, 3.63) is 42.2 Å². The molecule has 0 saturated heterocycles. The van der Waals surface area contributed by atoms with Crippen LogP contribution in [0.2, 0.25) is 0 Å². The number of hydrogen-bond acceptors (Lipinski definition) is 7. The third-order valence-electron chi connectivity index (χ3n) is 3.01. The summed E-state index contributed by atoms with van der Waals surface area (Å²) in [5.74, 6) is 0.626. The number of anilines is 3. The summed E-state index contributed by atoms with van der Waals surface area (Å²) >= 11 is 0. The van der Waals surface area contributed by atoms with E-state index in [4.69, 9.17) is 10.5 Å². The molecule has 2 rings (SSSR count). The molecule has 0 aliphatic rings. The molecule has 0 spiro atoms. The number of nitrogens with two attached hydrogens (primary N) is 1. The topological polar surface area (TPSA) is 114 Å². The maximum atomic E-state index is 11.9. The van der Waals surface area contributed by atoms with E-state index in [0.717, 1.165) is 5.56 Å². The summed E-state index contributed by atoms with van der Waals surface area (Å²) in [5, 5.41) is 3.03. The first-order valence-electron chi connectivity index (χ1n) is 7.12. The second-order valence-corrected chi connectivity index (χ2v) is 4.74. The average molecular weight is 316 g/mol. The number of aromatic nitrogens is 2. The van der Waals surface area contributed by atoms with Crippen molar-refractivity contribution < 1.29 is 9.53 Å². The van der Waals surface area contributed by atoms with Gasteiger partial charge in [-0.3, -0.25) is 15.6 Å². The standard InChI is InChI=1S/C15H20N6O2/c1-23-8-7-17-14-13(16)15(19-10-18-14)21-20-12(22)9-11-5-3-2-4-6-11/h2-6,10H,7-9,16H2,1H3,(H,20,22)(H2,17,18,19,21). The van der Waals surface area contributed by atoms with Gasteiger partial charge in [-0.05, 0) is 5.56 Å². The van der Waals surface area contributed by atoms with Gasteiger partial charge < -0.3 is 15.8 Å². The summed E-state index contributed by atoms with van der Waals surface area (Å²) in [6.07, 6.45) is 1.62. The van der Waals surface area contributed by atoms with Crippen molar-refractivity contribution in [1.82, 2.24) is 15.4 Å². The molecule has 8 heteroatoms. The van der Waals surface area contributed by atoms with E-state index in [1.54, 1.807) is 7.11 Å². The van der Waals surface area contributed by atoms with Crippen LogP contribution < -0.4 is 21.9 Å². The zero-order chi connectivity index (χ0) is 16.5. The Hall–Kier alpha value is -2.87. The molecule has 1 heterocycles. The van der Waals surface area contributed by atoms with Gasteiger partial charge >= 0.3 is 0 Å². The van der Waals surface area contributed by atoms with Gasteiger partial charge in [-0.15, -0.1) is 0 Å². The van der Waals surface area contributed by atoms with Crippen LogP contribution >= 0.6 is 0 Å². The molecule has 1 aromatic carbocycles. The van der Waals surface area contributed by atoms with Crippen LogP contribution in [0.5, 0.6) is 0 Å². The molecule has 0 atom stereocenters. The largest absolute Gasteiger partial charge is 0.393 e. The van der Waals surface area contributed by atoms with Crippen LogP contribution in [0, 0.1) is 0 Å². The number of amides is 1. The Morgan fingerprint density at radius 3 is 2.70 bits per heavy atom. The first kappa shape index (κ1) is 16.5. The molecule has 0 unspecified atom stereocenters. The number of nitrogen functional groups attached to an aromatic ring is 1. The van der Waals surface area contributed by atoms with Gasteiger partial charge in [-0.25, -0.2) is 9.97 Å². The van der Waals surface area contributed by atoms with Gasteiger partial charge in [0, 0.05) is 13.7 Å². The number of hydrazine groups is 1. The Bertz CT molecular complexity index is 635. The molecule has 2 aromatic rings. The maximum Gasteiger partial charge on any atom is 0.242 e. The lowest BCUT2D eigenvalue weighted by atomic mass is 10.1. The quantitative estimate of drug-likeness (QED) is 0.421. The average Bonchev–Trinajstić information content (AvgIpc) is 2.56. The molecule has 8 nitrogen and oxygen atoms in total. The lowest BCUT2D eigenvalue weighted by Crippen LogP contribution is -2.31. The van der Waals surface area contributed by atoms with Crippen molar-refractivity contribution in [3.63, 3.8) is 0 Å².